The first kappa shape index (κ1) is 11.5. The summed E-state index contributed by atoms with van der Waals surface area (Å²) in [7, 11) is 0. The number of nitrogen functional groups attached to an aromatic ring is 1. The van der Waals surface area contributed by atoms with E-state index in [1.807, 2.05) is 6.92 Å². The molecule has 1 aromatic rings. The minimum atomic E-state index is -0.630. The van der Waals surface area contributed by atoms with Crippen LogP contribution in [0.4, 0.5) is 5.69 Å². The van der Waals surface area contributed by atoms with Gasteiger partial charge in [-0.1, -0.05) is 25.5 Å². The van der Waals surface area contributed by atoms with Crippen LogP contribution >= 0.6 is 0 Å². The molecule has 1 aromatic carbocycles. The minimum absolute atomic E-state index is 0.266. The van der Waals surface area contributed by atoms with Crippen LogP contribution in [-0.4, -0.2) is 11.0 Å². The monoisotopic (exact) mass is 208 g/mol. The molecule has 0 spiro atoms. The zero-order valence-corrected chi connectivity index (χ0v) is 8.73. The maximum absolute atomic E-state index is 11.0. The first-order valence-corrected chi connectivity index (χ1v) is 4.94. The van der Waals surface area contributed by atoms with Crippen LogP contribution in [0.15, 0.2) is 18.2 Å². The second-order valence-electron chi connectivity index (χ2n) is 3.48. The van der Waals surface area contributed by atoms with E-state index in [1.54, 1.807) is 18.2 Å². The number of benzene rings is 1. The van der Waals surface area contributed by atoms with Crippen LogP contribution in [0.25, 0.3) is 0 Å². The SMILES string of the molecule is CCCC(O)c1cccc(C(N)=O)c1N. The maximum Gasteiger partial charge on any atom is 0.250 e. The second kappa shape index (κ2) is 4.79. The average molecular weight is 208 g/mol. The fraction of sp³-hybridized carbons (Fsp3) is 0.364. The molecule has 1 rings (SSSR count). The second-order valence-corrected chi connectivity index (χ2v) is 3.48. The lowest BCUT2D eigenvalue weighted by atomic mass is 10.00. The van der Waals surface area contributed by atoms with Crippen molar-refractivity contribution in [3.05, 3.63) is 29.3 Å². The highest BCUT2D eigenvalue weighted by atomic mass is 16.3. The van der Waals surface area contributed by atoms with Gasteiger partial charge in [-0.3, -0.25) is 4.79 Å². The Morgan fingerprint density at radius 3 is 2.73 bits per heavy atom. The van der Waals surface area contributed by atoms with Crippen molar-refractivity contribution in [2.24, 2.45) is 5.73 Å². The van der Waals surface area contributed by atoms with Gasteiger partial charge in [0.25, 0.3) is 5.91 Å². The van der Waals surface area contributed by atoms with E-state index in [0.717, 1.165) is 6.42 Å². The lowest BCUT2D eigenvalue weighted by Crippen LogP contribution is -2.15. The molecule has 82 valence electrons. The molecule has 0 saturated heterocycles. The van der Waals surface area contributed by atoms with Gasteiger partial charge in [0.15, 0.2) is 0 Å². The van der Waals surface area contributed by atoms with E-state index in [1.165, 1.54) is 0 Å². The molecule has 0 bridgehead atoms. The normalized spacial score (nSPS) is 12.4. The van der Waals surface area contributed by atoms with Gasteiger partial charge in [0, 0.05) is 5.56 Å². The standard InChI is InChI=1S/C11H16N2O2/c1-2-4-9(14)7-5-3-6-8(10(7)12)11(13)15/h3,5-6,9,14H,2,4,12H2,1H3,(H2,13,15). The molecule has 1 atom stereocenters. The van der Waals surface area contributed by atoms with E-state index >= 15 is 0 Å². The van der Waals surface area contributed by atoms with E-state index in [4.69, 9.17) is 11.5 Å². The van der Waals surface area contributed by atoms with Crippen molar-refractivity contribution in [3.8, 4) is 0 Å². The van der Waals surface area contributed by atoms with Crippen LogP contribution < -0.4 is 11.5 Å². The Labute approximate surface area is 88.9 Å². The summed E-state index contributed by atoms with van der Waals surface area (Å²) in [5, 5.41) is 9.78. The summed E-state index contributed by atoms with van der Waals surface area (Å²) in [6.07, 6.45) is 0.836. The van der Waals surface area contributed by atoms with Gasteiger partial charge in [0.05, 0.1) is 17.4 Å². The molecule has 15 heavy (non-hydrogen) atoms. The zero-order valence-electron chi connectivity index (χ0n) is 8.73. The topological polar surface area (TPSA) is 89.3 Å². The van der Waals surface area contributed by atoms with Gasteiger partial charge in [-0.25, -0.2) is 0 Å². The van der Waals surface area contributed by atoms with E-state index < -0.39 is 12.0 Å². The molecule has 0 aliphatic carbocycles. The van der Waals surface area contributed by atoms with Crippen LogP contribution in [-0.2, 0) is 0 Å². The largest absolute Gasteiger partial charge is 0.398 e. The third-order valence-electron chi connectivity index (χ3n) is 2.33. The number of carbonyl (C=O) groups excluding carboxylic acids is 1. The molecule has 0 fully saturated rings. The van der Waals surface area contributed by atoms with E-state index in [9.17, 15) is 9.90 Å². The van der Waals surface area contributed by atoms with E-state index in [2.05, 4.69) is 0 Å². The van der Waals surface area contributed by atoms with Crippen LogP contribution in [0, 0.1) is 0 Å². The van der Waals surface area contributed by atoms with Gasteiger partial charge in [-0.15, -0.1) is 0 Å². The summed E-state index contributed by atoms with van der Waals surface area (Å²) in [6.45, 7) is 1.97. The smallest absolute Gasteiger partial charge is 0.250 e. The first-order chi connectivity index (χ1) is 7.07. The van der Waals surface area contributed by atoms with Crippen LogP contribution in [0.1, 0.15) is 41.8 Å². The highest BCUT2D eigenvalue weighted by Gasteiger charge is 2.14. The Kier molecular flexibility index (Phi) is 3.68. The van der Waals surface area contributed by atoms with Crippen molar-refractivity contribution in [2.45, 2.75) is 25.9 Å². The maximum atomic E-state index is 11.0. The number of hydrogen-bond acceptors (Lipinski definition) is 3. The molecule has 0 heterocycles. The molecule has 0 aliphatic rings. The fourth-order valence-electron chi connectivity index (χ4n) is 1.52. The summed E-state index contributed by atoms with van der Waals surface area (Å²) in [5.41, 5.74) is 12.0. The molecule has 1 unspecified atom stereocenters. The third kappa shape index (κ3) is 2.47. The summed E-state index contributed by atoms with van der Waals surface area (Å²) in [6, 6.07) is 4.94. The van der Waals surface area contributed by atoms with Crippen molar-refractivity contribution >= 4 is 11.6 Å². The Hall–Kier alpha value is -1.55. The lowest BCUT2D eigenvalue weighted by Gasteiger charge is -2.14. The predicted molar refractivity (Wildman–Crippen MR) is 59.2 cm³/mol. The van der Waals surface area contributed by atoms with Crippen molar-refractivity contribution in [3.63, 3.8) is 0 Å². The van der Waals surface area contributed by atoms with Crippen molar-refractivity contribution in [1.29, 1.82) is 0 Å². The number of aliphatic hydroxyl groups is 1. The molecular formula is C11H16N2O2. The highest BCUT2D eigenvalue weighted by molar-refractivity contribution is 5.98. The number of rotatable bonds is 4. The zero-order chi connectivity index (χ0) is 11.4. The predicted octanol–water partition coefficient (Wildman–Crippen LogP) is 1.20. The fourth-order valence-corrected chi connectivity index (χ4v) is 1.52. The molecular weight excluding hydrogens is 192 g/mol. The van der Waals surface area contributed by atoms with Gasteiger partial charge in [-0.2, -0.15) is 0 Å². The molecule has 5 N–H and O–H groups in total. The van der Waals surface area contributed by atoms with Gasteiger partial charge < -0.3 is 16.6 Å². The quantitative estimate of drug-likeness (QED) is 0.649. The van der Waals surface area contributed by atoms with E-state index in [-0.39, 0.29) is 11.3 Å². The molecule has 0 aromatic heterocycles. The average Bonchev–Trinajstić information content (AvgIpc) is 2.17. The summed E-state index contributed by atoms with van der Waals surface area (Å²) >= 11 is 0. The Balaban J connectivity index is 3.09. The van der Waals surface area contributed by atoms with Gasteiger partial charge in [-0.05, 0) is 12.5 Å². The number of primary amides is 1. The summed E-state index contributed by atoms with van der Waals surface area (Å²) < 4.78 is 0. The summed E-state index contributed by atoms with van der Waals surface area (Å²) in [5.74, 6) is -0.571. The Morgan fingerprint density at radius 2 is 2.20 bits per heavy atom. The number of hydrogen-bond donors (Lipinski definition) is 3. The number of para-hydroxylation sites is 1. The highest BCUT2D eigenvalue weighted by Crippen LogP contribution is 2.26. The molecule has 1 amide bonds. The Bertz CT molecular complexity index is 364. The van der Waals surface area contributed by atoms with Gasteiger partial charge in [0.2, 0.25) is 0 Å². The lowest BCUT2D eigenvalue weighted by molar-refractivity contribution is 0.100. The third-order valence-corrected chi connectivity index (χ3v) is 2.33. The number of anilines is 1. The first-order valence-electron chi connectivity index (χ1n) is 4.94. The van der Waals surface area contributed by atoms with Crippen LogP contribution in [0.5, 0.6) is 0 Å². The number of amides is 1. The minimum Gasteiger partial charge on any atom is -0.398 e. The Morgan fingerprint density at radius 1 is 1.53 bits per heavy atom. The van der Waals surface area contributed by atoms with Crippen molar-refractivity contribution < 1.29 is 9.90 Å². The molecule has 4 nitrogen and oxygen atoms in total. The number of carbonyl (C=O) groups is 1. The molecule has 0 radical (unpaired) electrons. The molecule has 0 aliphatic heterocycles. The molecule has 4 heteroatoms. The number of nitrogens with two attached hydrogens (primary N) is 2. The van der Waals surface area contributed by atoms with E-state index in [0.29, 0.717) is 12.0 Å². The van der Waals surface area contributed by atoms with Gasteiger partial charge in [0.1, 0.15) is 0 Å². The van der Waals surface area contributed by atoms with Crippen LogP contribution in [0.3, 0.4) is 0 Å². The number of aliphatic hydroxyl groups excluding tert-OH is 1. The molecule has 0 saturated carbocycles. The van der Waals surface area contributed by atoms with Gasteiger partial charge >= 0.3 is 0 Å². The van der Waals surface area contributed by atoms with Crippen molar-refractivity contribution in [2.75, 3.05) is 5.73 Å². The van der Waals surface area contributed by atoms with Crippen molar-refractivity contribution in [1.82, 2.24) is 0 Å². The summed E-state index contributed by atoms with van der Waals surface area (Å²) in [4.78, 5) is 11.0. The van der Waals surface area contributed by atoms with Crippen LogP contribution in [0.2, 0.25) is 0 Å².